The summed E-state index contributed by atoms with van der Waals surface area (Å²) < 4.78 is 0. The van der Waals surface area contributed by atoms with Crippen LogP contribution in [0.15, 0.2) is 35.7 Å². The number of carbonyl (C=O) groups excluding carboxylic acids is 1. The highest BCUT2D eigenvalue weighted by Gasteiger charge is 2.19. The van der Waals surface area contributed by atoms with Gasteiger partial charge >= 0.3 is 0 Å². The molecule has 0 radical (unpaired) electrons. The van der Waals surface area contributed by atoms with Crippen molar-refractivity contribution in [1.29, 1.82) is 0 Å². The van der Waals surface area contributed by atoms with Crippen LogP contribution in [0, 0.1) is 0 Å². The van der Waals surface area contributed by atoms with Crippen LogP contribution in [0.25, 0.3) is 0 Å². The molecule has 2 heterocycles. The lowest BCUT2D eigenvalue weighted by atomic mass is 10.0. The monoisotopic (exact) mass is 314 g/mol. The molecule has 0 bridgehead atoms. The van der Waals surface area contributed by atoms with Crippen LogP contribution in [-0.2, 0) is 17.8 Å². The van der Waals surface area contributed by atoms with Crippen LogP contribution < -0.4 is 5.32 Å². The number of anilines is 1. The average Bonchev–Trinajstić information content (AvgIpc) is 2.95. The van der Waals surface area contributed by atoms with Crippen molar-refractivity contribution in [2.75, 3.05) is 18.4 Å². The van der Waals surface area contributed by atoms with Crippen molar-refractivity contribution in [3.05, 3.63) is 51.7 Å². The number of nitrogens with zero attached hydrogens (tertiary/aromatic N) is 1. The van der Waals surface area contributed by atoms with Gasteiger partial charge in [-0.2, -0.15) is 0 Å². The Morgan fingerprint density at radius 2 is 2.14 bits per heavy atom. The van der Waals surface area contributed by atoms with E-state index in [0.717, 1.165) is 25.2 Å². The molecular weight excluding hydrogens is 292 g/mol. The first-order valence-electron chi connectivity index (χ1n) is 7.80. The number of para-hydroxylation sites is 1. The van der Waals surface area contributed by atoms with Gasteiger partial charge < -0.3 is 5.32 Å². The van der Waals surface area contributed by atoms with E-state index in [4.69, 9.17) is 0 Å². The van der Waals surface area contributed by atoms with Gasteiger partial charge in [-0.25, -0.2) is 0 Å². The quantitative estimate of drug-likeness (QED) is 0.929. The van der Waals surface area contributed by atoms with Crippen LogP contribution in [-0.4, -0.2) is 23.9 Å². The molecule has 1 N–H and O–H groups in total. The first-order valence-corrected chi connectivity index (χ1v) is 8.68. The average molecular weight is 314 g/mol. The van der Waals surface area contributed by atoms with Gasteiger partial charge in [-0.1, -0.05) is 32.0 Å². The van der Waals surface area contributed by atoms with Gasteiger partial charge in [0.1, 0.15) is 0 Å². The number of hydrogen-bond acceptors (Lipinski definition) is 3. The first kappa shape index (κ1) is 15.3. The molecule has 2 aromatic rings. The summed E-state index contributed by atoms with van der Waals surface area (Å²) in [4.78, 5) is 16.1. The highest BCUT2D eigenvalue weighted by molar-refractivity contribution is 7.10. The summed E-state index contributed by atoms with van der Waals surface area (Å²) in [5, 5.41) is 5.22. The molecule has 0 unspecified atom stereocenters. The van der Waals surface area contributed by atoms with Gasteiger partial charge in [-0.15, -0.1) is 11.3 Å². The Morgan fingerprint density at radius 1 is 1.32 bits per heavy atom. The summed E-state index contributed by atoms with van der Waals surface area (Å²) in [5.74, 6) is 0.478. The van der Waals surface area contributed by atoms with Crippen molar-refractivity contribution >= 4 is 22.9 Å². The molecule has 1 aromatic heterocycles. The predicted molar refractivity (Wildman–Crippen MR) is 92.5 cm³/mol. The number of amides is 1. The number of rotatable bonds is 4. The third-order valence-electron chi connectivity index (χ3n) is 4.11. The van der Waals surface area contributed by atoms with E-state index < -0.39 is 0 Å². The smallest absolute Gasteiger partial charge is 0.238 e. The molecule has 0 fully saturated rings. The molecule has 0 atom stereocenters. The summed E-state index contributed by atoms with van der Waals surface area (Å²) in [7, 11) is 0. The SMILES string of the molecule is CC(C)c1ccccc1NC(=O)CN1CCc2sccc2C1. The van der Waals surface area contributed by atoms with Crippen LogP contribution in [0.2, 0.25) is 0 Å². The molecule has 4 heteroatoms. The van der Waals surface area contributed by atoms with Gasteiger partial charge in [0.05, 0.1) is 6.54 Å². The number of nitrogens with one attached hydrogen (secondary N) is 1. The third-order valence-corrected chi connectivity index (χ3v) is 5.13. The molecule has 0 saturated carbocycles. The molecule has 0 aliphatic carbocycles. The number of carbonyl (C=O) groups is 1. The second kappa shape index (κ2) is 6.63. The zero-order valence-electron chi connectivity index (χ0n) is 13.1. The predicted octanol–water partition coefficient (Wildman–Crippen LogP) is 3.87. The zero-order valence-corrected chi connectivity index (χ0v) is 14.0. The van der Waals surface area contributed by atoms with Gasteiger partial charge in [0.2, 0.25) is 5.91 Å². The van der Waals surface area contributed by atoms with E-state index in [1.807, 2.05) is 29.5 Å². The fourth-order valence-electron chi connectivity index (χ4n) is 2.95. The summed E-state index contributed by atoms with van der Waals surface area (Å²) in [6.45, 7) is 6.61. The summed E-state index contributed by atoms with van der Waals surface area (Å²) in [6.07, 6.45) is 1.06. The molecule has 0 spiro atoms. The minimum absolute atomic E-state index is 0.0757. The molecule has 1 aliphatic heterocycles. The van der Waals surface area contributed by atoms with Crippen molar-refractivity contribution in [3.63, 3.8) is 0 Å². The van der Waals surface area contributed by atoms with Crippen molar-refractivity contribution in [2.45, 2.75) is 32.7 Å². The normalized spacial score (nSPS) is 14.9. The zero-order chi connectivity index (χ0) is 15.5. The van der Waals surface area contributed by atoms with Crippen molar-refractivity contribution in [2.24, 2.45) is 0 Å². The van der Waals surface area contributed by atoms with E-state index in [1.165, 1.54) is 16.0 Å². The number of thiophene rings is 1. The van der Waals surface area contributed by atoms with Gasteiger partial charge in [-0.05, 0) is 41.0 Å². The minimum atomic E-state index is 0.0757. The Labute approximate surface area is 136 Å². The minimum Gasteiger partial charge on any atom is -0.325 e. The Bertz CT molecular complexity index is 663. The fourth-order valence-corrected chi connectivity index (χ4v) is 3.84. The van der Waals surface area contributed by atoms with E-state index in [-0.39, 0.29) is 5.91 Å². The maximum absolute atomic E-state index is 12.4. The number of benzene rings is 1. The fraction of sp³-hybridized carbons (Fsp3) is 0.389. The lowest BCUT2D eigenvalue weighted by Crippen LogP contribution is -2.36. The molecular formula is C18H22N2OS. The van der Waals surface area contributed by atoms with Crippen LogP contribution in [0.4, 0.5) is 5.69 Å². The van der Waals surface area contributed by atoms with Crippen LogP contribution in [0.3, 0.4) is 0 Å². The molecule has 1 aromatic carbocycles. The Morgan fingerprint density at radius 3 is 2.95 bits per heavy atom. The van der Waals surface area contributed by atoms with Gasteiger partial charge in [-0.3, -0.25) is 9.69 Å². The van der Waals surface area contributed by atoms with Crippen LogP contribution >= 0.6 is 11.3 Å². The van der Waals surface area contributed by atoms with E-state index in [9.17, 15) is 4.79 Å². The largest absolute Gasteiger partial charge is 0.325 e. The van der Waals surface area contributed by atoms with Gasteiger partial charge in [0, 0.05) is 23.7 Å². The molecule has 1 amide bonds. The van der Waals surface area contributed by atoms with E-state index in [2.05, 4.69) is 41.6 Å². The number of hydrogen-bond donors (Lipinski definition) is 1. The maximum atomic E-state index is 12.4. The Hall–Kier alpha value is -1.65. The van der Waals surface area contributed by atoms with Crippen LogP contribution in [0.5, 0.6) is 0 Å². The maximum Gasteiger partial charge on any atom is 0.238 e. The summed E-state index contributed by atoms with van der Waals surface area (Å²) >= 11 is 1.83. The topological polar surface area (TPSA) is 32.3 Å². The summed E-state index contributed by atoms with van der Waals surface area (Å²) in [5.41, 5.74) is 3.51. The Kier molecular flexibility index (Phi) is 4.60. The molecule has 3 nitrogen and oxygen atoms in total. The standard InChI is InChI=1S/C18H22N2OS/c1-13(2)15-5-3-4-6-16(15)19-18(21)12-20-9-7-17-14(11-20)8-10-22-17/h3-6,8,10,13H,7,9,11-12H2,1-2H3,(H,19,21). The number of fused-ring (bicyclic) bond motifs is 1. The van der Waals surface area contributed by atoms with Gasteiger partial charge in [0.15, 0.2) is 0 Å². The second-order valence-electron chi connectivity index (χ2n) is 6.12. The van der Waals surface area contributed by atoms with Crippen molar-refractivity contribution < 1.29 is 4.79 Å². The van der Waals surface area contributed by atoms with E-state index in [0.29, 0.717) is 12.5 Å². The van der Waals surface area contributed by atoms with Crippen molar-refractivity contribution in [3.8, 4) is 0 Å². The first-order chi connectivity index (χ1) is 10.6. The van der Waals surface area contributed by atoms with Crippen LogP contribution in [0.1, 0.15) is 35.8 Å². The van der Waals surface area contributed by atoms with E-state index >= 15 is 0 Å². The summed E-state index contributed by atoms with van der Waals surface area (Å²) in [6, 6.07) is 10.2. The molecule has 1 aliphatic rings. The van der Waals surface area contributed by atoms with E-state index in [1.54, 1.807) is 0 Å². The van der Waals surface area contributed by atoms with Crippen molar-refractivity contribution in [1.82, 2.24) is 4.90 Å². The molecule has 3 rings (SSSR count). The Balaban J connectivity index is 1.62. The lowest BCUT2D eigenvalue weighted by Gasteiger charge is -2.26. The lowest BCUT2D eigenvalue weighted by molar-refractivity contribution is -0.117. The molecule has 0 saturated heterocycles. The second-order valence-corrected chi connectivity index (χ2v) is 7.12. The highest BCUT2D eigenvalue weighted by atomic mass is 32.1. The molecule has 22 heavy (non-hydrogen) atoms. The van der Waals surface area contributed by atoms with Gasteiger partial charge in [0.25, 0.3) is 0 Å². The third kappa shape index (κ3) is 3.39. The highest BCUT2D eigenvalue weighted by Crippen LogP contribution is 2.25. The molecule has 116 valence electrons.